The summed E-state index contributed by atoms with van der Waals surface area (Å²) in [6.07, 6.45) is 5.83. The third-order valence-corrected chi connectivity index (χ3v) is 5.26. The standard InChI is InChI=1S/C20H22N2O2S/c23-19(21-13-5-15-22-14-4-8-20(22)24)12-10-17-9-11-18(25-17)16-6-2-1-3-7-16/h1-3,6-7,9-12H,4-5,8,13-15H2,(H,21,23)/b12-10+. The van der Waals surface area contributed by atoms with E-state index < -0.39 is 0 Å². The number of hydrogen-bond donors (Lipinski definition) is 1. The first kappa shape index (κ1) is 17.4. The highest BCUT2D eigenvalue weighted by Gasteiger charge is 2.18. The van der Waals surface area contributed by atoms with E-state index in [1.165, 1.54) is 10.4 Å². The molecule has 0 atom stereocenters. The van der Waals surface area contributed by atoms with Crippen LogP contribution >= 0.6 is 11.3 Å². The molecule has 2 amide bonds. The average molecular weight is 354 g/mol. The molecule has 4 nitrogen and oxygen atoms in total. The molecule has 0 unspecified atom stereocenters. The number of likely N-dealkylation sites (tertiary alicyclic amines) is 1. The van der Waals surface area contributed by atoms with Gasteiger partial charge in [-0.1, -0.05) is 30.3 Å². The van der Waals surface area contributed by atoms with E-state index in [-0.39, 0.29) is 11.8 Å². The number of thiophene rings is 1. The summed E-state index contributed by atoms with van der Waals surface area (Å²) in [6.45, 7) is 2.18. The minimum atomic E-state index is -0.0950. The summed E-state index contributed by atoms with van der Waals surface area (Å²) >= 11 is 1.66. The largest absolute Gasteiger partial charge is 0.352 e. The molecule has 1 aromatic heterocycles. The van der Waals surface area contributed by atoms with Gasteiger partial charge < -0.3 is 10.2 Å². The van der Waals surface area contributed by atoms with Crippen LogP contribution in [0.25, 0.3) is 16.5 Å². The second kappa shape index (κ2) is 8.62. The third-order valence-electron chi connectivity index (χ3n) is 4.16. The minimum Gasteiger partial charge on any atom is -0.352 e. The van der Waals surface area contributed by atoms with Gasteiger partial charge in [-0.15, -0.1) is 11.3 Å². The Morgan fingerprint density at radius 2 is 2.04 bits per heavy atom. The molecule has 1 saturated heterocycles. The lowest BCUT2D eigenvalue weighted by Crippen LogP contribution is -2.29. The number of nitrogens with zero attached hydrogens (tertiary/aromatic N) is 1. The van der Waals surface area contributed by atoms with E-state index in [4.69, 9.17) is 0 Å². The Labute approximate surface area is 152 Å². The molecule has 130 valence electrons. The van der Waals surface area contributed by atoms with E-state index in [2.05, 4.69) is 23.5 Å². The normalized spacial score (nSPS) is 14.4. The molecule has 2 aromatic rings. The lowest BCUT2D eigenvalue weighted by molar-refractivity contribution is -0.127. The van der Waals surface area contributed by atoms with E-state index >= 15 is 0 Å². The lowest BCUT2D eigenvalue weighted by atomic mass is 10.2. The summed E-state index contributed by atoms with van der Waals surface area (Å²) in [5.74, 6) is 0.139. The molecular formula is C20H22N2O2S. The fourth-order valence-corrected chi connectivity index (χ4v) is 3.75. The van der Waals surface area contributed by atoms with Crippen molar-refractivity contribution in [3.8, 4) is 10.4 Å². The number of carbonyl (C=O) groups is 2. The van der Waals surface area contributed by atoms with E-state index in [1.807, 2.05) is 35.2 Å². The number of benzene rings is 1. The van der Waals surface area contributed by atoms with Gasteiger partial charge in [-0.05, 0) is 36.6 Å². The molecule has 0 saturated carbocycles. The van der Waals surface area contributed by atoms with Gasteiger partial charge in [0.2, 0.25) is 11.8 Å². The van der Waals surface area contributed by atoms with Crippen molar-refractivity contribution in [2.24, 2.45) is 0 Å². The molecule has 1 aliphatic rings. The highest BCUT2D eigenvalue weighted by molar-refractivity contribution is 7.16. The molecule has 1 aliphatic heterocycles. The predicted molar refractivity (Wildman–Crippen MR) is 102 cm³/mol. The van der Waals surface area contributed by atoms with Crippen molar-refractivity contribution >= 4 is 29.2 Å². The second-order valence-electron chi connectivity index (χ2n) is 6.03. The Morgan fingerprint density at radius 3 is 2.80 bits per heavy atom. The molecule has 0 bridgehead atoms. The zero-order valence-electron chi connectivity index (χ0n) is 14.1. The van der Waals surface area contributed by atoms with Crippen LogP contribution in [0.15, 0.2) is 48.5 Å². The highest BCUT2D eigenvalue weighted by Crippen LogP contribution is 2.28. The van der Waals surface area contributed by atoms with Crippen LogP contribution in [0.1, 0.15) is 24.1 Å². The molecule has 0 spiro atoms. The maximum absolute atomic E-state index is 11.9. The lowest BCUT2D eigenvalue weighted by Gasteiger charge is -2.14. The van der Waals surface area contributed by atoms with E-state index in [1.54, 1.807) is 17.4 Å². The summed E-state index contributed by atoms with van der Waals surface area (Å²) in [4.78, 5) is 27.5. The molecule has 0 radical (unpaired) electrons. The maximum Gasteiger partial charge on any atom is 0.244 e. The number of nitrogens with one attached hydrogen (secondary N) is 1. The summed E-state index contributed by atoms with van der Waals surface area (Å²) in [5.41, 5.74) is 1.19. The van der Waals surface area contributed by atoms with Gasteiger partial charge in [0.25, 0.3) is 0 Å². The Kier molecular flexibility index (Phi) is 6.01. The van der Waals surface area contributed by atoms with Crippen molar-refractivity contribution in [1.29, 1.82) is 0 Å². The number of carbonyl (C=O) groups excluding carboxylic acids is 2. The SMILES string of the molecule is O=C(/C=C/c1ccc(-c2ccccc2)s1)NCCCN1CCCC1=O. The van der Waals surface area contributed by atoms with Gasteiger partial charge in [0.1, 0.15) is 0 Å². The zero-order valence-corrected chi connectivity index (χ0v) is 14.9. The smallest absolute Gasteiger partial charge is 0.244 e. The fraction of sp³-hybridized carbons (Fsp3) is 0.300. The first-order valence-corrected chi connectivity index (χ1v) is 9.43. The topological polar surface area (TPSA) is 49.4 Å². The first-order chi connectivity index (χ1) is 12.2. The molecule has 1 aromatic carbocycles. The van der Waals surface area contributed by atoms with Crippen LogP contribution < -0.4 is 5.32 Å². The predicted octanol–water partition coefficient (Wildman–Crippen LogP) is 3.56. The summed E-state index contributed by atoms with van der Waals surface area (Å²) in [6, 6.07) is 14.3. The molecular weight excluding hydrogens is 332 g/mol. The Hall–Kier alpha value is -2.40. The van der Waals surface area contributed by atoms with Crippen LogP contribution in [-0.4, -0.2) is 36.3 Å². The maximum atomic E-state index is 11.9. The van der Waals surface area contributed by atoms with Crippen LogP contribution in [0.4, 0.5) is 0 Å². The Bertz CT molecular complexity index is 752. The molecule has 5 heteroatoms. The molecule has 1 N–H and O–H groups in total. The zero-order chi connectivity index (χ0) is 17.5. The highest BCUT2D eigenvalue weighted by atomic mass is 32.1. The Morgan fingerprint density at radius 1 is 1.20 bits per heavy atom. The second-order valence-corrected chi connectivity index (χ2v) is 7.15. The Balaban J connectivity index is 1.42. The molecule has 2 heterocycles. The van der Waals surface area contributed by atoms with Crippen molar-refractivity contribution in [2.45, 2.75) is 19.3 Å². The van der Waals surface area contributed by atoms with E-state index in [0.29, 0.717) is 13.0 Å². The average Bonchev–Trinajstić information content (AvgIpc) is 3.27. The quantitative estimate of drug-likeness (QED) is 0.610. The van der Waals surface area contributed by atoms with Gasteiger partial charge in [0, 0.05) is 41.9 Å². The van der Waals surface area contributed by atoms with Crippen LogP contribution in [0.5, 0.6) is 0 Å². The summed E-state index contributed by atoms with van der Waals surface area (Å²) in [7, 11) is 0. The minimum absolute atomic E-state index is 0.0950. The van der Waals surface area contributed by atoms with Crippen molar-refractivity contribution in [3.63, 3.8) is 0 Å². The van der Waals surface area contributed by atoms with Gasteiger partial charge >= 0.3 is 0 Å². The molecule has 3 rings (SSSR count). The van der Waals surface area contributed by atoms with Gasteiger partial charge in [-0.3, -0.25) is 9.59 Å². The van der Waals surface area contributed by atoms with Gasteiger partial charge in [-0.2, -0.15) is 0 Å². The number of amides is 2. The van der Waals surface area contributed by atoms with Crippen molar-refractivity contribution in [1.82, 2.24) is 10.2 Å². The molecule has 0 aliphatic carbocycles. The monoisotopic (exact) mass is 354 g/mol. The van der Waals surface area contributed by atoms with Crippen molar-refractivity contribution in [3.05, 3.63) is 53.4 Å². The van der Waals surface area contributed by atoms with Crippen molar-refractivity contribution in [2.75, 3.05) is 19.6 Å². The van der Waals surface area contributed by atoms with Gasteiger partial charge in [0.05, 0.1) is 0 Å². The summed E-state index contributed by atoms with van der Waals surface area (Å²) in [5, 5.41) is 2.87. The van der Waals surface area contributed by atoms with E-state index in [9.17, 15) is 9.59 Å². The van der Waals surface area contributed by atoms with Gasteiger partial charge in [0.15, 0.2) is 0 Å². The fourth-order valence-electron chi connectivity index (χ4n) is 2.84. The molecule has 1 fully saturated rings. The van der Waals surface area contributed by atoms with Crippen LogP contribution in [0.3, 0.4) is 0 Å². The van der Waals surface area contributed by atoms with Crippen LogP contribution in [-0.2, 0) is 9.59 Å². The number of rotatable bonds is 7. The number of hydrogen-bond acceptors (Lipinski definition) is 3. The third kappa shape index (κ3) is 5.03. The molecule has 25 heavy (non-hydrogen) atoms. The van der Waals surface area contributed by atoms with Gasteiger partial charge in [-0.25, -0.2) is 0 Å². The van der Waals surface area contributed by atoms with E-state index in [0.717, 1.165) is 30.8 Å². The first-order valence-electron chi connectivity index (χ1n) is 8.61. The van der Waals surface area contributed by atoms with Crippen molar-refractivity contribution < 1.29 is 9.59 Å². The summed E-state index contributed by atoms with van der Waals surface area (Å²) < 4.78 is 0. The van der Waals surface area contributed by atoms with Crippen LogP contribution in [0.2, 0.25) is 0 Å². The van der Waals surface area contributed by atoms with Crippen LogP contribution in [0, 0.1) is 0 Å².